The molecule has 0 rings (SSSR count). The fourth-order valence-corrected chi connectivity index (χ4v) is 6.61. The van der Waals surface area contributed by atoms with Gasteiger partial charge >= 0.3 is 0 Å². The smallest absolute Gasteiger partial charge is 0.224 e. The lowest BCUT2D eigenvalue weighted by Crippen LogP contribution is -2.43. The molecule has 0 fully saturated rings. The van der Waals surface area contributed by atoms with Crippen LogP contribution in [0, 0.1) is 11.8 Å². The fraction of sp³-hybridized carbons (Fsp3) is 0.914. The van der Waals surface area contributed by atoms with Gasteiger partial charge in [0.15, 0.2) is 5.78 Å². The molecule has 0 saturated heterocycles. The van der Waals surface area contributed by atoms with Crippen molar-refractivity contribution in [3.8, 4) is 0 Å². The maximum Gasteiger partial charge on any atom is 0.224 e. The molecule has 0 heterocycles. The van der Waals surface area contributed by atoms with Gasteiger partial charge in [0.05, 0.1) is 72.7 Å². The van der Waals surface area contributed by atoms with E-state index in [1.165, 1.54) is 18.7 Å². The Morgan fingerprint density at radius 3 is 1.43 bits per heavy atom. The van der Waals surface area contributed by atoms with Gasteiger partial charge in [0.1, 0.15) is 11.2 Å². The summed E-state index contributed by atoms with van der Waals surface area (Å²) in [5.74, 6) is 2.96. The van der Waals surface area contributed by atoms with Crippen LogP contribution in [0.15, 0.2) is 0 Å². The summed E-state index contributed by atoms with van der Waals surface area (Å²) in [6.45, 7) is 17.6. The second-order valence-corrected chi connectivity index (χ2v) is 13.7. The van der Waals surface area contributed by atoms with Crippen molar-refractivity contribution in [3.05, 3.63) is 0 Å². The third kappa shape index (κ3) is 35.8. The van der Waals surface area contributed by atoms with Gasteiger partial charge in [-0.15, -0.1) is 11.8 Å². The molecule has 11 nitrogen and oxygen atoms in total. The highest BCUT2D eigenvalue weighted by molar-refractivity contribution is 8.00. The summed E-state index contributed by atoms with van der Waals surface area (Å²) >= 11 is 4.80. The van der Waals surface area contributed by atoms with Gasteiger partial charge in [-0.2, -0.15) is 23.5 Å². The number of ketones is 2. The molecule has 0 aliphatic rings. The Labute approximate surface area is 311 Å². The van der Waals surface area contributed by atoms with E-state index >= 15 is 0 Å². The minimum absolute atomic E-state index is 0.00793. The minimum atomic E-state index is -0.706. The molecule has 0 aliphatic heterocycles. The van der Waals surface area contributed by atoms with Gasteiger partial charge in [0.2, 0.25) is 5.91 Å². The number of methoxy groups -OCH3 is 3. The van der Waals surface area contributed by atoms with Crippen LogP contribution in [0.1, 0.15) is 67.2 Å². The number of ether oxygens (including phenoxy) is 7. The van der Waals surface area contributed by atoms with Crippen LogP contribution in [0.3, 0.4) is 0 Å². The van der Waals surface area contributed by atoms with Crippen molar-refractivity contribution in [1.29, 1.82) is 0 Å². The second kappa shape index (κ2) is 43.7. The zero-order valence-electron chi connectivity index (χ0n) is 32.2. The van der Waals surface area contributed by atoms with E-state index in [1.807, 2.05) is 34.6 Å². The van der Waals surface area contributed by atoms with Crippen molar-refractivity contribution >= 4 is 52.8 Å². The van der Waals surface area contributed by atoms with Gasteiger partial charge in [-0.1, -0.05) is 34.6 Å². The number of hydrogen-bond acceptors (Lipinski definition) is 13. The molecule has 0 radical (unpaired) electrons. The third-order valence-corrected chi connectivity index (χ3v) is 9.67. The van der Waals surface area contributed by atoms with E-state index in [1.54, 1.807) is 44.9 Å². The SMILES string of the molecule is CC.CC.CC[C@@H](CCSCCOCCOCCOC)C(=O)N[C@@H](SCCOC)C(=O)CC(CCSCCOCCOCCOC)C(C)=O. The molecule has 1 amide bonds. The highest BCUT2D eigenvalue weighted by Gasteiger charge is 2.28. The predicted molar refractivity (Wildman–Crippen MR) is 207 cm³/mol. The fourth-order valence-electron chi connectivity index (χ4n) is 3.85. The Bertz CT molecular complexity index is 725. The topological polar surface area (TPSA) is 128 Å². The van der Waals surface area contributed by atoms with Crippen molar-refractivity contribution in [2.75, 3.05) is 123 Å². The summed E-state index contributed by atoms with van der Waals surface area (Å²) in [6.07, 6.45) is 2.12. The largest absolute Gasteiger partial charge is 0.384 e. The number of amides is 1. The Morgan fingerprint density at radius 1 is 0.571 bits per heavy atom. The maximum atomic E-state index is 13.4. The summed E-state index contributed by atoms with van der Waals surface area (Å²) < 4.78 is 36.9. The monoisotopic (exact) mass is 761 g/mol. The van der Waals surface area contributed by atoms with E-state index in [9.17, 15) is 14.4 Å². The Balaban J connectivity index is -0.00000508. The minimum Gasteiger partial charge on any atom is -0.384 e. The number of thioether (sulfide) groups is 3. The van der Waals surface area contributed by atoms with Crippen LogP contribution >= 0.6 is 35.3 Å². The predicted octanol–water partition coefficient (Wildman–Crippen LogP) is 5.66. The third-order valence-electron chi connectivity index (χ3n) is 6.60. The molecular weight excluding hydrogens is 691 g/mol. The van der Waals surface area contributed by atoms with E-state index in [4.69, 9.17) is 33.2 Å². The maximum absolute atomic E-state index is 13.4. The zero-order chi connectivity index (χ0) is 37.4. The van der Waals surface area contributed by atoms with Crippen LogP contribution in [0.25, 0.3) is 0 Å². The van der Waals surface area contributed by atoms with Gasteiger partial charge in [-0.3, -0.25) is 14.4 Å². The van der Waals surface area contributed by atoms with Crippen molar-refractivity contribution < 1.29 is 47.5 Å². The van der Waals surface area contributed by atoms with Crippen LogP contribution in [-0.4, -0.2) is 146 Å². The van der Waals surface area contributed by atoms with Gasteiger partial charge in [-0.25, -0.2) is 0 Å². The van der Waals surface area contributed by atoms with Crippen molar-refractivity contribution in [1.82, 2.24) is 5.32 Å². The van der Waals surface area contributed by atoms with Crippen molar-refractivity contribution in [2.24, 2.45) is 11.8 Å². The average Bonchev–Trinajstić information content (AvgIpc) is 3.11. The van der Waals surface area contributed by atoms with Crippen LogP contribution in [0.4, 0.5) is 0 Å². The van der Waals surface area contributed by atoms with Crippen LogP contribution in [-0.2, 0) is 47.5 Å². The highest BCUT2D eigenvalue weighted by atomic mass is 32.2. The molecule has 0 aromatic carbocycles. The molecule has 14 heteroatoms. The molecule has 49 heavy (non-hydrogen) atoms. The van der Waals surface area contributed by atoms with E-state index in [2.05, 4.69) is 5.32 Å². The Morgan fingerprint density at radius 2 is 1.00 bits per heavy atom. The second-order valence-electron chi connectivity index (χ2n) is 10.1. The molecule has 1 unspecified atom stereocenters. The molecule has 0 aromatic heterocycles. The van der Waals surface area contributed by atoms with Crippen molar-refractivity contribution in [2.45, 2.75) is 72.6 Å². The molecule has 0 saturated carbocycles. The molecule has 1 N–H and O–H groups in total. The van der Waals surface area contributed by atoms with Gasteiger partial charge in [0.25, 0.3) is 0 Å². The summed E-state index contributed by atoms with van der Waals surface area (Å²) in [4.78, 5) is 38.9. The number of Topliss-reactive ketones (excluding diaryl/α,β-unsaturated/α-hetero) is 2. The van der Waals surface area contributed by atoms with Gasteiger partial charge in [0, 0.05) is 56.8 Å². The molecular formula is C35H71NO10S3. The number of nitrogens with one attached hydrogen (secondary N) is 1. The molecule has 0 bridgehead atoms. The lowest BCUT2D eigenvalue weighted by Gasteiger charge is -2.23. The van der Waals surface area contributed by atoms with E-state index in [0.717, 1.165) is 23.0 Å². The number of hydrogen-bond donors (Lipinski definition) is 1. The first kappa shape index (κ1) is 52.9. The number of carbonyl (C=O) groups excluding carboxylic acids is 3. The summed E-state index contributed by atoms with van der Waals surface area (Å²) in [6, 6.07) is 0. The Hall–Kier alpha value is -0.420. The van der Waals surface area contributed by atoms with E-state index in [-0.39, 0.29) is 35.7 Å². The molecule has 0 aliphatic carbocycles. The molecule has 3 atom stereocenters. The lowest BCUT2D eigenvalue weighted by atomic mass is 9.95. The van der Waals surface area contributed by atoms with Crippen molar-refractivity contribution in [3.63, 3.8) is 0 Å². The lowest BCUT2D eigenvalue weighted by molar-refractivity contribution is -0.130. The quantitative estimate of drug-likeness (QED) is 0.0632. The normalized spacial score (nSPS) is 12.6. The van der Waals surface area contributed by atoms with Gasteiger partial charge in [-0.05, 0) is 37.7 Å². The Kier molecular flexibility index (Phi) is 47.3. The first-order chi connectivity index (χ1) is 23.9. The van der Waals surface area contributed by atoms with Gasteiger partial charge < -0.3 is 38.5 Å². The van der Waals surface area contributed by atoms with Crippen LogP contribution in [0.5, 0.6) is 0 Å². The van der Waals surface area contributed by atoms with E-state index < -0.39 is 5.37 Å². The molecule has 294 valence electrons. The highest BCUT2D eigenvalue weighted by Crippen LogP contribution is 2.21. The standard InChI is InChI=1S/C31H59NO10S3.2C2H6/c1-6-27(7-20-43-22-18-41-15-13-39-11-9-36-3)30(35)32-31(45-24-17-38-5)29(34)25-28(26(2)33)8-21-44-23-19-42-16-14-40-12-10-37-4;2*1-2/h27-28,31H,6-25H2,1-5H3,(H,32,35);2*1-2H3/t27-,28?,31-;;/m0../s1. The first-order valence-corrected chi connectivity index (χ1v) is 21.1. The number of carbonyl (C=O) groups is 3. The summed E-state index contributed by atoms with van der Waals surface area (Å²) in [5.41, 5.74) is 0. The van der Waals surface area contributed by atoms with Crippen LogP contribution in [0.2, 0.25) is 0 Å². The zero-order valence-corrected chi connectivity index (χ0v) is 34.6. The van der Waals surface area contributed by atoms with E-state index in [0.29, 0.717) is 97.7 Å². The summed E-state index contributed by atoms with van der Waals surface area (Å²) in [5, 5.41) is 2.28. The van der Waals surface area contributed by atoms with Crippen LogP contribution < -0.4 is 5.32 Å². The number of rotatable bonds is 35. The molecule has 0 aromatic rings. The summed E-state index contributed by atoms with van der Waals surface area (Å²) in [7, 11) is 4.88. The first-order valence-electron chi connectivity index (χ1n) is 17.8. The molecule has 0 spiro atoms. The average molecular weight is 762 g/mol.